The molecule has 18 heavy (non-hydrogen) atoms. The fourth-order valence-corrected chi connectivity index (χ4v) is 1.56. The summed E-state index contributed by atoms with van der Waals surface area (Å²) in [5.74, 6) is 0.550. The lowest BCUT2D eigenvalue weighted by atomic mass is 10.2. The maximum Gasteiger partial charge on any atom is 0.199 e. The summed E-state index contributed by atoms with van der Waals surface area (Å²) in [6.07, 6.45) is 4.28. The number of aromatic nitrogens is 5. The molecular formula is C9H14N6O2S. The molecule has 0 spiro atoms. The number of tetrazole rings is 1. The van der Waals surface area contributed by atoms with E-state index in [9.17, 15) is 8.42 Å². The minimum Gasteiger partial charge on any atom is -0.367 e. The Morgan fingerprint density at radius 1 is 1.39 bits per heavy atom. The first-order valence-electron chi connectivity index (χ1n) is 5.27. The van der Waals surface area contributed by atoms with E-state index in [4.69, 9.17) is 0 Å². The quantitative estimate of drug-likeness (QED) is 0.817. The van der Waals surface area contributed by atoms with Crippen LogP contribution in [0.5, 0.6) is 0 Å². The molecule has 0 aromatic carbocycles. The van der Waals surface area contributed by atoms with Gasteiger partial charge >= 0.3 is 0 Å². The van der Waals surface area contributed by atoms with E-state index in [-0.39, 0.29) is 6.54 Å². The normalized spacial score (nSPS) is 12.8. The Bertz CT molecular complexity index is 663. The average molecular weight is 270 g/mol. The fraction of sp³-hybridized carbons (Fsp3) is 0.556. The lowest BCUT2D eigenvalue weighted by Crippen LogP contribution is -2.38. The molecule has 0 bridgehead atoms. The fourth-order valence-electron chi connectivity index (χ4n) is 1.23. The molecule has 2 rings (SSSR count). The van der Waals surface area contributed by atoms with Gasteiger partial charge in [0.15, 0.2) is 15.5 Å². The molecule has 0 unspecified atom stereocenters. The molecular weight excluding hydrogens is 256 g/mol. The summed E-state index contributed by atoms with van der Waals surface area (Å²) in [6.45, 7) is 3.55. The molecule has 0 aliphatic rings. The van der Waals surface area contributed by atoms with Crippen LogP contribution in [0.4, 0.5) is 5.82 Å². The molecule has 2 heterocycles. The summed E-state index contributed by atoms with van der Waals surface area (Å²) in [4.78, 5) is 3.97. The number of nitrogens with zero attached hydrogens (tertiary/aromatic N) is 5. The van der Waals surface area contributed by atoms with E-state index < -0.39 is 14.6 Å². The van der Waals surface area contributed by atoms with Crippen molar-refractivity contribution >= 4 is 21.3 Å². The molecule has 0 fully saturated rings. The van der Waals surface area contributed by atoms with Gasteiger partial charge in [-0.25, -0.2) is 8.42 Å². The van der Waals surface area contributed by atoms with Gasteiger partial charge in [0, 0.05) is 12.8 Å². The van der Waals surface area contributed by atoms with Crippen molar-refractivity contribution in [3.8, 4) is 0 Å². The number of hydrogen-bond donors (Lipinski definition) is 1. The molecule has 0 amide bonds. The Balaban J connectivity index is 2.23. The number of nitrogens with one attached hydrogen (secondary N) is 1. The van der Waals surface area contributed by atoms with Crippen molar-refractivity contribution < 1.29 is 8.42 Å². The first kappa shape index (κ1) is 12.7. The second-order valence-electron chi connectivity index (χ2n) is 4.63. The number of fused-ring (bicyclic) bond motifs is 1. The van der Waals surface area contributed by atoms with Gasteiger partial charge in [0.25, 0.3) is 0 Å². The van der Waals surface area contributed by atoms with Crippen LogP contribution in [0, 0.1) is 0 Å². The predicted octanol–water partition coefficient (Wildman–Crippen LogP) is -0.246. The Kier molecular flexibility index (Phi) is 2.93. The van der Waals surface area contributed by atoms with Gasteiger partial charge in [0.2, 0.25) is 0 Å². The maximum atomic E-state index is 11.6. The van der Waals surface area contributed by atoms with E-state index in [1.165, 1.54) is 17.0 Å². The lowest BCUT2D eigenvalue weighted by Gasteiger charge is -2.23. The van der Waals surface area contributed by atoms with Crippen LogP contribution >= 0.6 is 0 Å². The Labute approximate surface area is 104 Å². The highest BCUT2D eigenvalue weighted by molar-refractivity contribution is 7.92. The summed E-state index contributed by atoms with van der Waals surface area (Å²) in [5.41, 5.74) is 0.497. The van der Waals surface area contributed by atoms with Crippen molar-refractivity contribution in [1.82, 2.24) is 25.0 Å². The molecule has 0 radical (unpaired) electrons. The van der Waals surface area contributed by atoms with Gasteiger partial charge in [0.05, 0.1) is 17.1 Å². The van der Waals surface area contributed by atoms with Crippen LogP contribution in [0.3, 0.4) is 0 Å². The highest BCUT2D eigenvalue weighted by atomic mass is 32.2. The number of sulfone groups is 1. The standard InChI is InChI=1S/C9H14N6O2S/c1-9(2,18(3,16)17)6-11-7-4-10-5-8-12-13-14-15(7)8/h4-5,11H,6H2,1-3H3. The number of anilines is 1. The summed E-state index contributed by atoms with van der Waals surface area (Å²) >= 11 is 0. The summed E-state index contributed by atoms with van der Waals surface area (Å²) in [6, 6.07) is 0. The maximum absolute atomic E-state index is 11.6. The van der Waals surface area contributed by atoms with Gasteiger partial charge in [-0.15, -0.1) is 5.10 Å². The van der Waals surface area contributed by atoms with Crippen LogP contribution < -0.4 is 5.32 Å². The molecule has 8 nitrogen and oxygen atoms in total. The first-order valence-corrected chi connectivity index (χ1v) is 7.16. The first-order chi connectivity index (χ1) is 8.31. The van der Waals surface area contributed by atoms with Crippen LogP contribution in [0.25, 0.3) is 5.65 Å². The average Bonchev–Trinajstić information content (AvgIpc) is 2.73. The second-order valence-corrected chi connectivity index (χ2v) is 7.28. The van der Waals surface area contributed by atoms with Crippen LogP contribution in [0.2, 0.25) is 0 Å². The van der Waals surface area contributed by atoms with Crippen LogP contribution in [0.15, 0.2) is 12.4 Å². The molecule has 0 atom stereocenters. The van der Waals surface area contributed by atoms with Crippen molar-refractivity contribution in [1.29, 1.82) is 0 Å². The van der Waals surface area contributed by atoms with Crippen molar-refractivity contribution in [3.05, 3.63) is 12.4 Å². The van der Waals surface area contributed by atoms with E-state index in [0.717, 1.165) is 0 Å². The Morgan fingerprint density at radius 2 is 2.11 bits per heavy atom. The summed E-state index contributed by atoms with van der Waals surface area (Å²) in [5, 5.41) is 14.1. The topological polar surface area (TPSA) is 102 Å². The number of rotatable bonds is 4. The van der Waals surface area contributed by atoms with Crippen molar-refractivity contribution in [2.24, 2.45) is 0 Å². The van der Waals surface area contributed by atoms with Crippen LogP contribution in [-0.2, 0) is 9.84 Å². The third-order valence-electron chi connectivity index (χ3n) is 2.81. The largest absolute Gasteiger partial charge is 0.367 e. The van der Waals surface area contributed by atoms with Gasteiger partial charge in [-0.05, 0) is 24.3 Å². The SMILES string of the molecule is CC(C)(CNc1cncc2nnnn12)S(C)(=O)=O. The van der Waals surface area contributed by atoms with Crippen molar-refractivity contribution in [2.75, 3.05) is 18.1 Å². The van der Waals surface area contributed by atoms with E-state index in [0.29, 0.717) is 11.5 Å². The smallest absolute Gasteiger partial charge is 0.199 e. The van der Waals surface area contributed by atoms with E-state index in [1.54, 1.807) is 20.0 Å². The molecule has 0 saturated carbocycles. The monoisotopic (exact) mass is 270 g/mol. The second kappa shape index (κ2) is 4.16. The van der Waals surface area contributed by atoms with E-state index in [2.05, 4.69) is 25.8 Å². The van der Waals surface area contributed by atoms with Gasteiger partial charge in [-0.1, -0.05) is 0 Å². The van der Waals surface area contributed by atoms with Gasteiger partial charge in [-0.2, -0.15) is 4.52 Å². The van der Waals surface area contributed by atoms with Crippen molar-refractivity contribution in [3.63, 3.8) is 0 Å². The third-order valence-corrected chi connectivity index (χ3v) is 4.96. The summed E-state index contributed by atoms with van der Waals surface area (Å²) < 4.78 is 23.7. The predicted molar refractivity (Wildman–Crippen MR) is 66.0 cm³/mol. The summed E-state index contributed by atoms with van der Waals surface area (Å²) in [7, 11) is -3.16. The molecule has 2 aromatic heterocycles. The number of hydrogen-bond acceptors (Lipinski definition) is 7. The Morgan fingerprint density at radius 3 is 2.78 bits per heavy atom. The van der Waals surface area contributed by atoms with E-state index >= 15 is 0 Å². The third kappa shape index (κ3) is 2.26. The Hall–Kier alpha value is -1.77. The van der Waals surface area contributed by atoms with Gasteiger partial charge in [-0.3, -0.25) is 4.98 Å². The van der Waals surface area contributed by atoms with Gasteiger partial charge < -0.3 is 5.32 Å². The highest BCUT2D eigenvalue weighted by Gasteiger charge is 2.30. The zero-order valence-corrected chi connectivity index (χ0v) is 11.1. The van der Waals surface area contributed by atoms with E-state index in [1.807, 2.05) is 0 Å². The van der Waals surface area contributed by atoms with Gasteiger partial charge in [0.1, 0.15) is 5.82 Å². The molecule has 1 N–H and O–H groups in total. The zero-order chi connectivity index (χ0) is 13.4. The van der Waals surface area contributed by atoms with Crippen LogP contribution in [0.1, 0.15) is 13.8 Å². The molecule has 0 aliphatic heterocycles. The lowest BCUT2D eigenvalue weighted by molar-refractivity contribution is 0.559. The molecule has 0 saturated heterocycles. The molecule has 2 aromatic rings. The molecule has 98 valence electrons. The minimum absolute atomic E-state index is 0.243. The highest BCUT2D eigenvalue weighted by Crippen LogP contribution is 2.16. The van der Waals surface area contributed by atoms with Crippen LogP contribution in [-0.4, -0.2) is 51.0 Å². The minimum atomic E-state index is -3.16. The molecule has 9 heteroatoms. The van der Waals surface area contributed by atoms with Crippen molar-refractivity contribution in [2.45, 2.75) is 18.6 Å². The zero-order valence-electron chi connectivity index (χ0n) is 10.3. The molecule has 0 aliphatic carbocycles.